The van der Waals surface area contributed by atoms with Crippen LogP contribution in [0.25, 0.3) is 22.2 Å². The minimum atomic E-state index is 1.04. The van der Waals surface area contributed by atoms with Crippen molar-refractivity contribution in [3.63, 3.8) is 0 Å². The van der Waals surface area contributed by atoms with Gasteiger partial charge in [-0.25, -0.2) is 4.98 Å². The summed E-state index contributed by atoms with van der Waals surface area (Å²) in [6.45, 7) is 2.03. The van der Waals surface area contributed by atoms with Crippen molar-refractivity contribution in [3.05, 3.63) is 48.3 Å². The van der Waals surface area contributed by atoms with E-state index in [9.17, 15) is 0 Å². The SMILES string of the molecule is CNc1ccc(-c2ccc3c(c2)nc(C)n3C)cc1. The zero-order valence-corrected chi connectivity index (χ0v) is 11.4. The van der Waals surface area contributed by atoms with Crippen molar-refractivity contribution in [2.45, 2.75) is 6.92 Å². The Bertz CT molecular complexity index is 724. The lowest BCUT2D eigenvalue weighted by atomic mass is 10.0. The van der Waals surface area contributed by atoms with Gasteiger partial charge in [-0.3, -0.25) is 0 Å². The summed E-state index contributed by atoms with van der Waals surface area (Å²) in [5, 5.41) is 3.13. The highest BCUT2D eigenvalue weighted by molar-refractivity contribution is 5.82. The van der Waals surface area contributed by atoms with Crippen LogP contribution < -0.4 is 5.32 Å². The van der Waals surface area contributed by atoms with E-state index in [2.05, 4.69) is 57.3 Å². The van der Waals surface area contributed by atoms with E-state index < -0.39 is 0 Å². The van der Waals surface area contributed by atoms with Gasteiger partial charge in [0, 0.05) is 19.8 Å². The largest absolute Gasteiger partial charge is 0.388 e. The molecule has 3 aromatic rings. The molecule has 3 heteroatoms. The molecule has 96 valence electrons. The zero-order chi connectivity index (χ0) is 13.4. The number of hydrogen-bond donors (Lipinski definition) is 1. The van der Waals surface area contributed by atoms with Crippen molar-refractivity contribution in [2.24, 2.45) is 7.05 Å². The highest BCUT2D eigenvalue weighted by Crippen LogP contribution is 2.25. The van der Waals surface area contributed by atoms with E-state index in [4.69, 9.17) is 0 Å². The third kappa shape index (κ3) is 1.97. The van der Waals surface area contributed by atoms with E-state index in [1.165, 1.54) is 16.6 Å². The van der Waals surface area contributed by atoms with E-state index in [0.29, 0.717) is 0 Å². The maximum absolute atomic E-state index is 4.58. The van der Waals surface area contributed by atoms with E-state index in [0.717, 1.165) is 17.0 Å². The standard InChI is InChI=1S/C16H17N3/c1-11-18-15-10-13(6-9-16(15)19(11)3)12-4-7-14(17-2)8-5-12/h4-10,17H,1-3H3. The lowest BCUT2D eigenvalue weighted by Crippen LogP contribution is -1.89. The number of hydrogen-bond acceptors (Lipinski definition) is 2. The normalized spacial score (nSPS) is 10.9. The second-order valence-corrected chi connectivity index (χ2v) is 4.75. The van der Waals surface area contributed by atoms with E-state index >= 15 is 0 Å². The zero-order valence-electron chi connectivity index (χ0n) is 11.4. The molecule has 1 aromatic heterocycles. The summed E-state index contributed by atoms with van der Waals surface area (Å²) in [6.07, 6.45) is 0. The van der Waals surface area contributed by atoms with Gasteiger partial charge in [0.05, 0.1) is 11.0 Å². The van der Waals surface area contributed by atoms with Gasteiger partial charge >= 0.3 is 0 Å². The van der Waals surface area contributed by atoms with Crippen molar-refractivity contribution in [1.29, 1.82) is 0 Å². The van der Waals surface area contributed by atoms with Crippen LogP contribution in [0.1, 0.15) is 5.82 Å². The van der Waals surface area contributed by atoms with Gasteiger partial charge in [0.1, 0.15) is 5.82 Å². The van der Waals surface area contributed by atoms with Gasteiger partial charge in [-0.1, -0.05) is 18.2 Å². The summed E-state index contributed by atoms with van der Waals surface area (Å²) < 4.78 is 2.11. The monoisotopic (exact) mass is 251 g/mol. The van der Waals surface area contributed by atoms with Gasteiger partial charge < -0.3 is 9.88 Å². The number of fused-ring (bicyclic) bond motifs is 1. The molecule has 0 aliphatic heterocycles. The van der Waals surface area contributed by atoms with Crippen molar-refractivity contribution in [3.8, 4) is 11.1 Å². The number of nitrogens with one attached hydrogen (secondary N) is 1. The number of aromatic nitrogens is 2. The Labute approximate surface area is 112 Å². The lowest BCUT2D eigenvalue weighted by molar-refractivity contribution is 0.886. The average Bonchev–Trinajstić information content (AvgIpc) is 2.74. The van der Waals surface area contributed by atoms with Crippen LogP contribution in [-0.2, 0) is 7.05 Å². The predicted octanol–water partition coefficient (Wildman–Crippen LogP) is 3.59. The second-order valence-electron chi connectivity index (χ2n) is 4.75. The third-order valence-corrected chi connectivity index (χ3v) is 3.61. The molecule has 2 aromatic carbocycles. The average molecular weight is 251 g/mol. The fourth-order valence-electron chi connectivity index (χ4n) is 2.33. The molecule has 1 N–H and O–H groups in total. The Hall–Kier alpha value is -2.29. The van der Waals surface area contributed by atoms with Crippen LogP contribution in [0.4, 0.5) is 5.69 Å². The highest BCUT2D eigenvalue weighted by Gasteiger charge is 2.05. The highest BCUT2D eigenvalue weighted by atomic mass is 15.0. The minimum absolute atomic E-state index is 1.04. The molecule has 1 heterocycles. The Kier molecular flexibility index (Phi) is 2.75. The molecule has 0 radical (unpaired) electrons. The minimum Gasteiger partial charge on any atom is -0.388 e. The smallest absolute Gasteiger partial charge is 0.106 e. The summed E-state index contributed by atoms with van der Waals surface area (Å²) in [5.74, 6) is 1.04. The number of rotatable bonds is 2. The third-order valence-electron chi connectivity index (χ3n) is 3.61. The van der Waals surface area contributed by atoms with E-state index in [1.807, 2.05) is 21.0 Å². The number of aryl methyl sites for hydroxylation is 2. The van der Waals surface area contributed by atoms with Gasteiger partial charge in [0.2, 0.25) is 0 Å². The summed E-state index contributed by atoms with van der Waals surface area (Å²) in [5.41, 5.74) is 5.76. The van der Waals surface area contributed by atoms with Crippen molar-refractivity contribution in [2.75, 3.05) is 12.4 Å². The molecular formula is C16H17N3. The fourth-order valence-corrected chi connectivity index (χ4v) is 2.33. The summed E-state index contributed by atoms with van der Waals surface area (Å²) in [6, 6.07) is 14.9. The molecule has 3 nitrogen and oxygen atoms in total. The molecule has 19 heavy (non-hydrogen) atoms. The van der Waals surface area contributed by atoms with E-state index in [1.54, 1.807) is 0 Å². The van der Waals surface area contributed by atoms with Crippen LogP contribution in [0.5, 0.6) is 0 Å². The van der Waals surface area contributed by atoms with Crippen LogP contribution in [-0.4, -0.2) is 16.6 Å². The van der Waals surface area contributed by atoms with Gasteiger partial charge in [0.25, 0.3) is 0 Å². The topological polar surface area (TPSA) is 29.9 Å². The maximum Gasteiger partial charge on any atom is 0.106 e. The summed E-state index contributed by atoms with van der Waals surface area (Å²) in [4.78, 5) is 4.58. The number of imidazole rings is 1. The molecule has 0 saturated carbocycles. The molecule has 0 fully saturated rings. The van der Waals surface area contributed by atoms with Gasteiger partial charge in [-0.15, -0.1) is 0 Å². The first kappa shape index (κ1) is 11.8. The van der Waals surface area contributed by atoms with Gasteiger partial charge in [-0.2, -0.15) is 0 Å². The van der Waals surface area contributed by atoms with Crippen molar-refractivity contribution in [1.82, 2.24) is 9.55 Å². The van der Waals surface area contributed by atoms with Gasteiger partial charge in [0.15, 0.2) is 0 Å². The summed E-state index contributed by atoms with van der Waals surface area (Å²) >= 11 is 0. The Balaban J connectivity index is 2.09. The van der Waals surface area contributed by atoms with Gasteiger partial charge in [-0.05, 0) is 42.3 Å². The number of anilines is 1. The first-order chi connectivity index (χ1) is 9.19. The molecule has 0 bridgehead atoms. The van der Waals surface area contributed by atoms with Crippen LogP contribution in [0.3, 0.4) is 0 Å². The fraction of sp³-hybridized carbons (Fsp3) is 0.188. The van der Waals surface area contributed by atoms with Crippen molar-refractivity contribution >= 4 is 16.7 Å². The maximum atomic E-state index is 4.58. The molecule has 0 unspecified atom stereocenters. The second kappa shape index (κ2) is 4.43. The molecule has 0 saturated heterocycles. The molecular weight excluding hydrogens is 234 g/mol. The first-order valence-electron chi connectivity index (χ1n) is 6.40. The van der Waals surface area contributed by atoms with E-state index in [-0.39, 0.29) is 0 Å². The molecule has 0 aliphatic carbocycles. The Morgan fingerprint density at radius 1 is 1.00 bits per heavy atom. The molecule has 0 spiro atoms. The van der Waals surface area contributed by atoms with Crippen molar-refractivity contribution < 1.29 is 0 Å². The van der Waals surface area contributed by atoms with Crippen LogP contribution in [0.2, 0.25) is 0 Å². The molecule has 0 aliphatic rings. The van der Waals surface area contributed by atoms with Crippen LogP contribution >= 0.6 is 0 Å². The molecule has 0 amide bonds. The first-order valence-corrected chi connectivity index (χ1v) is 6.40. The summed E-state index contributed by atoms with van der Waals surface area (Å²) in [7, 11) is 3.98. The predicted molar refractivity (Wildman–Crippen MR) is 80.4 cm³/mol. The van der Waals surface area contributed by atoms with Crippen LogP contribution in [0, 0.1) is 6.92 Å². The number of nitrogens with zero attached hydrogens (tertiary/aromatic N) is 2. The lowest BCUT2D eigenvalue weighted by Gasteiger charge is -2.04. The van der Waals surface area contributed by atoms with Crippen LogP contribution in [0.15, 0.2) is 42.5 Å². The number of benzene rings is 2. The molecule has 0 atom stereocenters. The molecule has 3 rings (SSSR count). The Morgan fingerprint density at radius 3 is 2.37 bits per heavy atom. The Morgan fingerprint density at radius 2 is 1.68 bits per heavy atom. The quantitative estimate of drug-likeness (QED) is 0.754.